The molecule has 1 N–H and O–H groups in total. The Labute approximate surface area is 168 Å². The number of para-hydroxylation sites is 1. The Kier molecular flexibility index (Phi) is 5.45. The summed E-state index contributed by atoms with van der Waals surface area (Å²) in [7, 11) is 1.93. The minimum atomic E-state index is -0.0787. The van der Waals surface area contributed by atoms with Gasteiger partial charge in [-0.15, -0.1) is 11.3 Å². The molecule has 1 atom stereocenters. The zero-order valence-electron chi connectivity index (χ0n) is 16.0. The number of aromatic nitrogens is 1. The molecule has 0 radical (unpaired) electrons. The van der Waals surface area contributed by atoms with Crippen LogP contribution in [-0.4, -0.2) is 42.6 Å². The summed E-state index contributed by atoms with van der Waals surface area (Å²) in [6.45, 7) is 3.60. The topological polar surface area (TPSA) is 63.7 Å². The molecule has 146 valence electrons. The predicted octanol–water partition coefficient (Wildman–Crippen LogP) is 4.09. The van der Waals surface area contributed by atoms with Crippen molar-refractivity contribution in [3.63, 3.8) is 0 Å². The highest BCUT2D eigenvalue weighted by atomic mass is 32.1. The molecule has 0 unspecified atom stereocenters. The highest BCUT2D eigenvalue weighted by Crippen LogP contribution is 2.32. The number of carbonyl (C=O) groups is 1. The number of nitrogens with one attached hydrogen (secondary N) is 1. The maximum Gasteiger partial charge on any atom is 0.238 e. The summed E-state index contributed by atoms with van der Waals surface area (Å²) in [4.78, 5) is 19.2. The summed E-state index contributed by atoms with van der Waals surface area (Å²) in [5, 5.41) is 3.95. The largest absolute Gasteiger partial charge is 0.490 e. The molecule has 0 saturated carbocycles. The summed E-state index contributed by atoms with van der Waals surface area (Å²) in [6.07, 6.45) is 0.852. The molecule has 1 amide bonds. The van der Waals surface area contributed by atoms with Crippen LogP contribution in [0.4, 0.5) is 5.69 Å². The van der Waals surface area contributed by atoms with Crippen LogP contribution in [0.3, 0.4) is 0 Å². The molecular weight excluding hydrogens is 374 g/mol. The van der Waals surface area contributed by atoms with Gasteiger partial charge in [-0.05, 0) is 38.2 Å². The molecular formula is C21H23N3O3S. The lowest BCUT2D eigenvalue weighted by Crippen LogP contribution is -2.32. The number of hydrogen-bond donors (Lipinski definition) is 1. The zero-order valence-corrected chi connectivity index (χ0v) is 16.8. The van der Waals surface area contributed by atoms with Gasteiger partial charge in [-0.3, -0.25) is 9.69 Å². The Morgan fingerprint density at radius 3 is 2.82 bits per heavy atom. The average Bonchev–Trinajstić information content (AvgIpc) is 2.98. The number of hydrogen-bond acceptors (Lipinski definition) is 6. The molecule has 0 aliphatic carbocycles. The van der Waals surface area contributed by atoms with Crippen LogP contribution in [-0.2, 0) is 4.79 Å². The number of anilines is 1. The first-order chi connectivity index (χ1) is 13.6. The van der Waals surface area contributed by atoms with Crippen LogP contribution in [0.25, 0.3) is 10.2 Å². The van der Waals surface area contributed by atoms with Crippen molar-refractivity contribution in [2.24, 2.45) is 0 Å². The molecule has 0 saturated heterocycles. The van der Waals surface area contributed by atoms with E-state index in [4.69, 9.17) is 14.5 Å². The molecule has 0 bridgehead atoms. The van der Waals surface area contributed by atoms with Crippen molar-refractivity contribution in [2.45, 2.75) is 19.4 Å². The molecule has 2 heterocycles. The smallest absolute Gasteiger partial charge is 0.238 e. The van der Waals surface area contributed by atoms with Gasteiger partial charge in [0.25, 0.3) is 0 Å². The van der Waals surface area contributed by atoms with Crippen LogP contribution in [0, 0.1) is 0 Å². The molecule has 4 rings (SSSR count). The number of benzene rings is 2. The number of carbonyl (C=O) groups excluding carboxylic acids is 1. The van der Waals surface area contributed by atoms with E-state index in [1.165, 1.54) is 0 Å². The molecule has 1 aliphatic rings. The van der Waals surface area contributed by atoms with Crippen molar-refractivity contribution < 1.29 is 14.3 Å². The van der Waals surface area contributed by atoms with Gasteiger partial charge in [-0.1, -0.05) is 12.1 Å². The quantitative estimate of drug-likeness (QED) is 0.703. The van der Waals surface area contributed by atoms with E-state index in [1.54, 1.807) is 11.3 Å². The lowest BCUT2D eigenvalue weighted by atomic mass is 10.2. The van der Waals surface area contributed by atoms with Crippen LogP contribution in [0.15, 0.2) is 42.5 Å². The van der Waals surface area contributed by atoms with E-state index >= 15 is 0 Å². The lowest BCUT2D eigenvalue weighted by molar-refractivity contribution is -0.117. The fraction of sp³-hybridized carbons (Fsp3) is 0.333. The van der Waals surface area contributed by atoms with Crippen molar-refractivity contribution in [2.75, 3.05) is 32.1 Å². The van der Waals surface area contributed by atoms with E-state index in [-0.39, 0.29) is 18.5 Å². The summed E-state index contributed by atoms with van der Waals surface area (Å²) in [5.41, 5.74) is 1.70. The highest BCUT2D eigenvalue weighted by molar-refractivity contribution is 7.18. The van der Waals surface area contributed by atoms with E-state index in [0.29, 0.717) is 24.7 Å². The van der Waals surface area contributed by atoms with Crippen molar-refractivity contribution in [1.82, 2.24) is 9.88 Å². The Morgan fingerprint density at radius 2 is 2.00 bits per heavy atom. The minimum absolute atomic E-state index is 0.0481. The molecule has 0 fully saturated rings. The monoisotopic (exact) mass is 397 g/mol. The first-order valence-electron chi connectivity index (χ1n) is 9.35. The van der Waals surface area contributed by atoms with Crippen LogP contribution < -0.4 is 14.8 Å². The fourth-order valence-electron chi connectivity index (χ4n) is 3.06. The standard InChI is InChI=1S/C21H23N3O3S/c1-14(21-23-16-6-3-4-7-19(16)28-21)24(2)13-20(25)22-15-8-9-17-18(12-15)27-11-5-10-26-17/h3-4,6-9,12,14H,5,10-11,13H2,1-2H3,(H,22,25)/t14-/m0/s1. The number of ether oxygens (including phenoxy) is 2. The van der Waals surface area contributed by atoms with Gasteiger partial charge in [0.05, 0.1) is 36.0 Å². The van der Waals surface area contributed by atoms with E-state index < -0.39 is 0 Å². The van der Waals surface area contributed by atoms with Gasteiger partial charge in [-0.25, -0.2) is 4.98 Å². The number of amides is 1. The van der Waals surface area contributed by atoms with Crippen molar-refractivity contribution in [3.05, 3.63) is 47.5 Å². The summed E-state index contributed by atoms with van der Waals surface area (Å²) < 4.78 is 12.5. The first-order valence-corrected chi connectivity index (χ1v) is 10.2. The number of thiazole rings is 1. The second-order valence-electron chi connectivity index (χ2n) is 6.87. The average molecular weight is 398 g/mol. The van der Waals surface area contributed by atoms with Crippen molar-refractivity contribution in [3.8, 4) is 11.5 Å². The number of likely N-dealkylation sites (N-methyl/N-ethyl adjacent to an activating group) is 1. The maximum absolute atomic E-state index is 12.5. The summed E-state index contributed by atoms with van der Waals surface area (Å²) in [6, 6.07) is 13.6. The van der Waals surface area contributed by atoms with Gasteiger partial charge >= 0.3 is 0 Å². The maximum atomic E-state index is 12.5. The third-order valence-electron chi connectivity index (χ3n) is 4.75. The molecule has 1 aromatic heterocycles. The first kappa shape index (κ1) is 18.7. The van der Waals surface area contributed by atoms with E-state index in [2.05, 4.69) is 18.3 Å². The molecule has 1 aliphatic heterocycles. The Balaban J connectivity index is 1.39. The predicted molar refractivity (Wildman–Crippen MR) is 111 cm³/mol. The van der Waals surface area contributed by atoms with Gasteiger partial charge < -0.3 is 14.8 Å². The lowest BCUT2D eigenvalue weighted by Gasteiger charge is -2.22. The summed E-state index contributed by atoms with van der Waals surface area (Å²) >= 11 is 1.67. The van der Waals surface area contributed by atoms with Gasteiger partial charge in [0.2, 0.25) is 5.91 Å². The fourth-order valence-corrected chi connectivity index (χ4v) is 4.15. The second-order valence-corrected chi connectivity index (χ2v) is 7.93. The van der Waals surface area contributed by atoms with Gasteiger partial charge in [0.1, 0.15) is 5.01 Å². The Hall–Kier alpha value is -2.64. The van der Waals surface area contributed by atoms with Crippen molar-refractivity contribution in [1.29, 1.82) is 0 Å². The van der Waals surface area contributed by atoms with Crippen LogP contribution >= 0.6 is 11.3 Å². The molecule has 0 spiro atoms. The van der Waals surface area contributed by atoms with E-state index in [9.17, 15) is 4.79 Å². The van der Waals surface area contributed by atoms with Crippen LogP contribution in [0.2, 0.25) is 0 Å². The number of rotatable bonds is 5. The highest BCUT2D eigenvalue weighted by Gasteiger charge is 2.19. The number of fused-ring (bicyclic) bond motifs is 2. The van der Waals surface area contributed by atoms with Crippen LogP contribution in [0.5, 0.6) is 11.5 Å². The minimum Gasteiger partial charge on any atom is -0.490 e. The van der Waals surface area contributed by atoms with Gasteiger partial charge in [-0.2, -0.15) is 0 Å². The van der Waals surface area contributed by atoms with E-state index in [1.807, 2.05) is 48.3 Å². The zero-order chi connectivity index (χ0) is 19.5. The van der Waals surface area contributed by atoms with E-state index in [0.717, 1.165) is 27.4 Å². The molecule has 6 nitrogen and oxygen atoms in total. The normalized spacial score (nSPS) is 14.7. The third-order valence-corrected chi connectivity index (χ3v) is 5.96. The SMILES string of the molecule is C[C@@H](c1nc2ccccc2s1)N(C)CC(=O)Nc1ccc2c(c1)OCCCO2. The van der Waals surface area contributed by atoms with Crippen LogP contribution in [0.1, 0.15) is 24.4 Å². The van der Waals surface area contributed by atoms with Gasteiger partial charge in [0, 0.05) is 18.2 Å². The second kappa shape index (κ2) is 8.16. The number of nitrogens with zero attached hydrogens (tertiary/aromatic N) is 2. The van der Waals surface area contributed by atoms with Crippen molar-refractivity contribution >= 4 is 33.1 Å². The molecule has 3 aromatic rings. The Morgan fingerprint density at radius 1 is 1.21 bits per heavy atom. The molecule has 28 heavy (non-hydrogen) atoms. The molecule has 7 heteroatoms. The van der Waals surface area contributed by atoms with Gasteiger partial charge in [0.15, 0.2) is 11.5 Å². The Bertz CT molecular complexity index is 955. The third kappa shape index (κ3) is 4.10. The molecule has 2 aromatic carbocycles. The summed E-state index contributed by atoms with van der Waals surface area (Å²) in [5.74, 6) is 1.31.